The van der Waals surface area contributed by atoms with Crippen molar-refractivity contribution in [2.75, 3.05) is 21.3 Å². The van der Waals surface area contributed by atoms with E-state index in [0.717, 1.165) is 0 Å². The van der Waals surface area contributed by atoms with Crippen LogP contribution in [0, 0.1) is 0 Å². The molecule has 0 atom stereocenters. The molecule has 68 valence electrons. The molecule has 0 N–H and O–H groups in total. The van der Waals surface area contributed by atoms with Crippen molar-refractivity contribution in [2.24, 2.45) is 0 Å². The van der Waals surface area contributed by atoms with E-state index in [0.29, 0.717) is 0 Å². The minimum absolute atomic E-state index is 0.00687. The van der Waals surface area contributed by atoms with Crippen LogP contribution >= 0.6 is 0 Å². The van der Waals surface area contributed by atoms with Crippen LogP contribution in [0.1, 0.15) is 20.8 Å². The van der Waals surface area contributed by atoms with E-state index in [9.17, 15) is 0 Å². The molecule has 0 aliphatic rings. The Kier molecular flexibility index (Phi) is 4.42. The first-order valence-electron chi connectivity index (χ1n) is 3.59. The van der Waals surface area contributed by atoms with Crippen LogP contribution < -0.4 is 0 Å². The maximum atomic E-state index is 5.37. The summed E-state index contributed by atoms with van der Waals surface area (Å²) in [6.45, 7) is 6.25. The third-order valence-electron chi connectivity index (χ3n) is 1.72. The van der Waals surface area contributed by atoms with Gasteiger partial charge < -0.3 is 0 Å². The van der Waals surface area contributed by atoms with Gasteiger partial charge >= 0.3 is 75.3 Å². The van der Waals surface area contributed by atoms with Gasteiger partial charge in [-0.1, -0.05) is 0 Å². The molecular weight excluding hydrogens is 223 g/mol. The van der Waals surface area contributed by atoms with Crippen LogP contribution in [0.2, 0.25) is 3.12 Å². The summed E-state index contributed by atoms with van der Waals surface area (Å²) >= 11 is -3.18. The van der Waals surface area contributed by atoms with Gasteiger partial charge in [0.15, 0.2) is 0 Å². The van der Waals surface area contributed by atoms with Gasteiger partial charge in [-0.3, -0.25) is 0 Å². The third kappa shape index (κ3) is 2.35. The molecule has 0 rings (SSSR count). The third-order valence-corrected chi connectivity index (χ3v) is 10.2. The summed E-state index contributed by atoms with van der Waals surface area (Å²) in [5.41, 5.74) is 0. The maximum absolute atomic E-state index is 5.37. The molecule has 0 saturated heterocycles. The number of hydrogen-bond donors (Lipinski definition) is 0. The molecule has 0 aromatic heterocycles. The fourth-order valence-corrected chi connectivity index (χ4v) is 6.91. The Morgan fingerprint density at radius 2 is 1.09 bits per heavy atom. The molecule has 0 aromatic carbocycles. The van der Waals surface area contributed by atoms with Gasteiger partial charge in [0.2, 0.25) is 0 Å². The van der Waals surface area contributed by atoms with E-state index in [1.165, 1.54) is 0 Å². The molecule has 0 aliphatic carbocycles. The summed E-state index contributed by atoms with van der Waals surface area (Å²) in [5, 5.41) is 0. The topological polar surface area (TPSA) is 27.7 Å². The second-order valence-electron chi connectivity index (χ2n) is 3.42. The average Bonchev–Trinajstić information content (AvgIpc) is 1.90. The summed E-state index contributed by atoms with van der Waals surface area (Å²) in [5.74, 6) is 0. The van der Waals surface area contributed by atoms with Gasteiger partial charge in [-0.25, -0.2) is 0 Å². The predicted octanol–water partition coefficient (Wildman–Crippen LogP) is 2.04. The molecule has 0 aliphatic heterocycles. The number of rotatable bonds is 3. The minimum atomic E-state index is -3.18. The van der Waals surface area contributed by atoms with E-state index in [2.05, 4.69) is 20.8 Å². The fraction of sp³-hybridized carbons (Fsp3) is 1.00. The molecular formula is C7H18O3Zr. The second kappa shape index (κ2) is 4.13. The van der Waals surface area contributed by atoms with Gasteiger partial charge in [-0.05, 0) is 0 Å². The molecule has 0 aromatic rings. The first kappa shape index (κ1) is 11.8. The van der Waals surface area contributed by atoms with E-state index in [4.69, 9.17) is 8.44 Å². The van der Waals surface area contributed by atoms with E-state index >= 15 is 0 Å². The molecule has 0 saturated carbocycles. The van der Waals surface area contributed by atoms with E-state index in [1.807, 2.05) is 0 Å². The Morgan fingerprint density at radius 3 is 1.09 bits per heavy atom. The Labute approximate surface area is 75.3 Å². The van der Waals surface area contributed by atoms with Crippen molar-refractivity contribution in [3.8, 4) is 0 Å². The zero-order valence-corrected chi connectivity index (χ0v) is 10.7. The van der Waals surface area contributed by atoms with Crippen LogP contribution in [0.15, 0.2) is 0 Å². The molecule has 0 bridgehead atoms. The van der Waals surface area contributed by atoms with E-state index in [-0.39, 0.29) is 3.12 Å². The molecule has 3 nitrogen and oxygen atoms in total. The summed E-state index contributed by atoms with van der Waals surface area (Å²) < 4.78 is 16.1. The van der Waals surface area contributed by atoms with Crippen molar-refractivity contribution < 1.29 is 30.0 Å². The monoisotopic (exact) mass is 240 g/mol. The van der Waals surface area contributed by atoms with Crippen molar-refractivity contribution in [1.82, 2.24) is 0 Å². The Bertz CT molecular complexity index is 107. The Hall–Kier alpha value is 0.763. The Morgan fingerprint density at radius 1 is 0.818 bits per heavy atom. The van der Waals surface area contributed by atoms with Crippen molar-refractivity contribution in [3.05, 3.63) is 0 Å². The van der Waals surface area contributed by atoms with Crippen LogP contribution in [0.4, 0.5) is 0 Å². The molecule has 0 radical (unpaired) electrons. The van der Waals surface area contributed by atoms with Crippen LogP contribution in [0.25, 0.3) is 0 Å². The summed E-state index contributed by atoms with van der Waals surface area (Å²) in [6.07, 6.45) is 0. The molecule has 0 spiro atoms. The number of hydrogen-bond acceptors (Lipinski definition) is 3. The standard InChI is InChI=1S/C4H9.3CH3O.Zr/c1-4(2)3;3*1-2;/h1-3H3;3*1H3;/q;3*-1;+3. The van der Waals surface area contributed by atoms with Gasteiger partial charge in [-0.2, -0.15) is 0 Å². The summed E-state index contributed by atoms with van der Waals surface area (Å²) in [4.78, 5) is 0. The van der Waals surface area contributed by atoms with E-state index in [1.54, 1.807) is 21.3 Å². The van der Waals surface area contributed by atoms with Crippen molar-refractivity contribution in [2.45, 2.75) is 23.9 Å². The quantitative estimate of drug-likeness (QED) is 0.757. The fourth-order valence-electron chi connectivity index (χ4n) is 1.17. The molecule has 0 heterocycles. The van der Waals surface area contributed by atoms with Crippen LogP contribution in [-0.2, 0) is 30.0 Å². The first-order chi connectivity index (χ1) is 4.93. The van der Waals surface area contributed by atoms with Crippen molar-refractivity contribution in [3.63, 3.8) is 0 Å². The van der Waals surface area contributed by atoms with Gasteiger partial charge in [0.05, 0.1) is 0 Å². The van der Waals surface area contributed by atoms with Gasteiger partial charge in [0.25, 0.3) is 0 Å². The zero-order chi connectivity index (χ0) is 9.12. The first-order valence-corrected chi connectivity index (χ1v) is 7.83. The summed E-state index contributed by atoms with van der Waals surface area (Å²) in [7, 11) is 4.98. The molecule has 0 fully saturated rings. The molecule has 0 unspecified atom stereocenters. The van der Waals surface area contributed by atoms with Crippen molar-refractivity contribution in [1.29, 1.82) is 0 Å². The molecule has 11 heavy (non-hydrogen) atoms. The Balaban J connectivity index is 4.54. The zero-order valence-electron chi connectivity index (χ0n) is 8.22. The summed E-state index contributed by atoms with van der Waals surface area (Å²) in [6, 6.07) is 0. The average molecular weight is 241 g/mol. The normalized spacial score (nSPS) is 13.6. The molecule has 0 amide bonds. The van der Waals surface area contributed by atoms with Gasteiger partial charge in [-0.15, -0.1) is 0 Å². The van der Waals surface area contributed by atoms with Crippen LogP contribution in [-0.4, -0.2) is 21.3 Å². The van der Waals surface area contributed by atoms with Crippen LogP contribution in [0.5, 0.6) is 0 Å². The molecule has 4 heteroatoms. The predicted molar refractivity (Wildman–Crippen MR) is 40.7 cm³/mol. The van der Waals surface area contributed by atoms with Gasteiger partial charge in [0.1, 0.15) is 0 Å². The second-order valence-corrected chi connectivity index (χ2v) is 12.9. The SMILES string of the molecule is C[O][Zr]([O]C)([O]C)[C](C)(C)C. The van der Waals surface area contributed by atoms with E-state index < -0.39 is 21.6 Å². The van der Waals surface area contributed by atoms with Gasteiger partial charge in [0, 0.05) is 0 Å². The van der Waals surface area contributed by atoms with Crippen LogP contribution in [0.3, 0.4) is 0 Å². The van der Waals surface area contributed by atoms with Crippen molar-refractivity contribution >= 4 is 0 Å².